The summed E-state index contributed by atoms with van der Waals surface area (Å²) in [5.41, 5.74) is 8.73. The maximum Gasteiger partial charge on any atom is 0.270 e. The Hall–Kier alpha value is -3.14. The minimum absolute atomic E-state index is 0.133. The normalized spacial score (nSPS) is 12.3. The molecule has 0 aliphatic carbocycles. The fourth-order valence-corrected chi connectivity index (χ4v) is 3.11. The van der Waals surface area contributed by atoms with E-state index in [-0.39, 0.29) is 5.91 Å². The molecule has 1 aromatic heterocycles. The van der Waals surface area contributed by atoms with Crippen LogP contribution in [0.1, 0.15) is 59.1 Å². The number of nitrogens with one attached hydrogen (secondary N) is 1. The number of carbonyl (C=O) groups excluding carboxylic acids is 1. The lowest BCUT2D eigenvalue weighted by Gasteiger charge is -2.11. The van der Waals surface area contributed by atoms with E-state index in [0.717, 1.165) is 29.1 Å². The average Bonchev–Trinajstić information content (AvgIpc) is 3.00. The molecule has 0 fully saturated rings. The second-order valence-electron chi connectivity index (χ2n) is 7.13. The summed E-state index contributed by atoms with van der Waals surface area (Å²) in [7, 11) is 0. The Kier molecular flexibility index (Phi) is 6.09. The van der Waals surface area contributed by atoms with E-state index in [4.69, 9.17) is 0 Å². The van der Waals surface area contributed by atoms with Crippen LogP contribution < -0.4 is 5.43 Å². The van der Waals surface area contributed by atoms with Crippen LogP contribution in [0.25, 0.3) is 0 Å². The summed E-state index contributed by atoms with van der Waals surface area (Å²) < 4.78 is 1.81. The van der Waals surface area contributed by atoms with E-state index in [1.165, 1.54) is 5.56 Å². The van der Waals surface area contributed by atoms with Crippen molar-refractivity contribution in [3.63, 3.8) is 0 Å². The predicted molar refractivity (Wildman–Crippen MR) is 116 cm³/mol. The number of hydrogen-bond donors (Lipinski definition) is 1. The number of nitrogens with zero attached hydrogens (tertiary/aromatic N) is 2. The number of hydrogen-bond acceptors (Lipinski definition) is 2. The van der Waals surface area contributed by atoms with Gasteiger partial charge in [-0.25, -0.2) is 0 Å². The molecule has 0 radical (unpaired) electrons. The van der Waals surface area contributed by atoms with Gasteiger partial charge in [-0.2, -0.15) is 0 Å². The molecular formula is C24H27N3O. The van der Waals surface area contributed by atoms with Gasteiger partial charge in [0.15, 0.2) is 0 Å². The molecule has 0 aliphatic rings. The van der Waals surface area contributed by atoms with Crippen LogP contribution in [0, 0.1) is 13.8 Å². The molecular weight excluding hydrogens is 346 g/mol. The molecule has 0 unspecified atom stereocenters. The summed E-state index contributed by atoms with van der Waals surface area (Å²) in [6.45, 7) is 8.38. The van der Waals surface area contributed by atoms with Crippen molar-refractivity contribution in [1.82, 2.24) is 4.68 Å². The van der Waals surface area contributed by atoms with Crippen LogP contribution in [0.15, 0.2) is 65.7 Å². The van der Waals surface area contributed by atoms with Crippen molar-refractivity contribution in [3.8, 4) is 0 Å². The maximum absolute atomic E-state index is 12.5. The van der Waals surface area contributed by atoms with Gasteiger partial charge in [-0.1, -0.05) is 44.2 Å². The molecule has 2 aromatic carbocycles. The zero-order valence-electron chi connectivity index (χ0n) is 16.9. The summed E-state index contributed by atoms with van der Waals surface area (Å²) in [5.74, 6) is 0.428. The van der Waals surface area contributed by atoms with Gasteiger partial charge < -0.3 is 0 Å². The fraction of sp³-hybridized carbons (Fsp3) is 0.250. The summed E-state index contributed by atoms with van der Waals surface area (Å²) in [6, 6.07) is 19.6. The van der Waals surface area contributed by atoms with Crippen LogP contribution in [0.5, 0.6) is 0 Å². The van der Waals surface area contributed by atoms with Gasteiger partial charge in [-0.3, -0.25) is 19.9 Å². The van der Waals surface area contributed by atoms with Gasteiger partial charge in [0.05, 0.1) is 5.69 Å². The van der Waals surface area contributed by atoms with E-state index in [9.17, 15) is 4.79 Å². The SMILES string of the molecule is CC[C@H](C)c1ccc(N=Cc2cc(C)n(NC(=O)c3ccccc3)c2C)cc1. The van der Waals surface area contributed by atoms with Crippen LogP contribution in [0.4, 0.5) is 5.69 Å². The third-order valence-corrected chi connectivity index (χ3v) is 5.15. The number of amides is 1. The highest BCUT2D eigenvalue weighted by Gasteiger charge is 2.11. The summed E-state index contributed by atoms with van der Waals surface area (Å²) in [5, 5.41) is 0. The van der Waals surface area contributed by atoms with Crippen LogP contribution in [-0.2, 0) is 0 Å². The van der Waals surface area contributed by atoms with Crippen molar-refractivity contribution < 1.29 is 4.79 Å². The quantitative estimate of drug-likeness (QED) is 0.549. The largest absolute Gasteiger partial charge is 0.270 e. The topological polar surface area (TPSA) is 46.4 Å². The molecule has 3 aromatic rings. The number of carbonyl (C=O) groups is 1. The molecule has 3 rings (SSSR count). The van der Waals surface area contributed by atoms with Gasteiger partial charge in [-0.05, 0) is 62.1 Å². The third kappa shape index (κ3) is 4.39. The number of rotatable bonds is 6. The molecule has 4 nitrogen and oxygen atoms in total. The van der Waals surface area contributed by atoms with Crippen molar-refractivity contribution in [1.29, 1.82) is 0 Å². The summed E-state index contributed by atoms with van der Waals surface area (Å²) >= 11 is 0. The Bertz CT molecular complexity index is 969. The van der Waals surface area contributed by atoms with E-state index in [2.05, 4.69) is 36.4 Å². The van der Waals surface area contributed by atoms with Gasteiger partial charge in [0, 0.05) is 28.7 Å². The molecule has 0 aliphatic heterocycles. The van der Waals surface area contributed by atoms with Gasteiger partial charge in [0.25, 0.3) is 5.91 Å². The Morgan fingerprint density at radius 2 is 1.79 bits per heavy atom. The molecule has 1 N–H and O–H groups in total. The molecule has 0 spiro atoms. The van der Waals surface area contributed by atoms with E-state index >= 15 is 0 Å². The Balaban J connectivity index is 1.76. The van der Waals surface area contributed by atoms with E-state index in [0.29, 0.717) is 11.5 Å². The highest BCUT2D eigenvalue weighted by Crippen LogP contribution is 2.22. The van der Waals surface area contributed by atoms with Crippen LogP contribution in [0.3, 0.4) is 0 Å². The van der Waals surface area contributed by atoms with Gasteiger partial charge in [0.2, 0.25) is 0 Å². The minimum Gasteiger partial charge on any atom is -0.267 e. The number of aryl methyl sites for hydroxylation is 1. The zero-order valence-corrected chi connectivity index (χ0v) is 16.9. The van der Waals surface area contributed by atoms with E-state index in [1.807, 2.05) is 61.1 Å². The average molecular weight is 374 g/mol. The Morgan fingerprint density at radius 1 is 1.11 bits per heavy atom. The molecule has 1 atom stereocenters. The number of aliphatic imine (C=N–C) groups is 1. The second kappa shape index (κ2) is 8.70. The first-order chi connectivity index (χ1) is 13.5. The summed E-state index contributed by atoms with van der Waals surface area (Å²) in [6.07, 6.45) is 2.98. The fourth-order valence-electron chi connectivity index (χ4n) is 3.11. The summed E-state index contributed by atoms with van der Waals surface area (Å²) in [4.78, 5) is 17.1. The second-order valence-corrected chi connectivity index (χ2v) is 7.13. The number of aromatic nitrogens is 1. The third-order valence-electron chi connectivity index (χ3n) is 5.15. The predicted octanol–water partition coefficient (Wildman–Crippen LogP) is 5.75. The van der Waals surface area contributed by atoms with Crippen LogP contribution in [0.2, 0.25) is 0 Å². The lowest BCUT2D eigenvalue weighted by atomic mass is 9.99. The molecule has 0 saturated heterocycles. The first kappa shape index (κ1) is 19.6. The van der Waals surface area contributed by atoms with Gasteiger partial charge in [0.1, 0.15) is 0 Å². The minimum atomic E-state index is -0.133. The molecule has 0 bridgehead atoms. The maximum atomic E-state index is 12.5. The molecule has 4 heteroatoms. The Labute approximate surface area is 166 Å². The van der Waals surface area contributed by atoms with Crippen molar-refractivity contribution in [2.45, 2.75) is 40.0 Å². The molecule has 144 valence electrons. The van der Waals surface area contributed by atoms with Crippen molar-refractivity contribution in [2.24, 2.45) is 4.99 Å². The monoisotopic (exact) mass is 373 g/mol. The molecule has 1 heterocycles. The Morgan fingerprint density at radius 3 is 2.43 bits per heavy atom. The lowest BCUT2D eigenvalue weighted by molar-refractivity contribution is 0.101. The molecule has 1 amide bonds. The van der Waals surface area contributed by atoms with Gasteiger partial charge in [-0.15, -0.1) is 0 Å². The van der Waals surface area contributed by atoms with Crippen LogP contribution in [-0.4, -0.2) is 16.8 Å². The van der Waals surface area contributed by atoms with Crippen LogP contribution >= 0.6 is 0 Å². The molecule has 28 heavy (non-hydrogen) atoms. The first-order valence-corrected chi connectivity index (χ1v) is 9.69. The van der Waals surface area contributed by atoms with Crippen molar-refractivity contribution in [3.05, 3.63) is 88.7 Å². The molecule has 0 saturated carbocycles. The van der Waals surface area contributed by atoms with Gasteiger partial charge >= 0.3 is 0 Å². The highest BCUT2D eigenvalue weighted by molar-refractivity contribution is 6.00. The first-order valence-electron chi connectivity index (χ1n) is 9.69. The highest BCUT2D eigenvalue weighted by atomic mass is 16.2. The standard InChI is InChI=1S/C24H27N3O/c1-5-17(2)20-11-13-23(14-12-20)25-16-22-15-18(3)27(19(22)4)26-24(28)21-9-7-6-8-10-21/h6-17H,5H2,1-4H3,(H,26,28)/t17-/m0/s1. The van der Waals surface area contributed by atoms with Crippen molar-refractivity contribution >= 4 is 17.8 Å². The van der Waals surface area contributed by atoms with E-state index in [1.54, 1.807) is 12.1 Å². The van der Waals surface area contributed by atoms with E-state index < -0.39 is 0 Å². The zero-order chi connectivity index (χ0) is 20.1. The van der Waals surface area contributed by atoms with Crippen molar-refractivity contribution in [2.75, 3.05) is 5.43 Å². The number of benzene rings is 2. The smallest absolute Gasteiger partial charge is 0.267 e. The lowest BCUT2D eigenvalue weighted by Crippen LogP contribution is -2.24.